The first-order chi connectivity index (χ1) is 59.6. The summed E-state index contributed by atoms with van der Waals surface area (Å²) < 4.78 is 313. The minimum absolute atomic E-state index is 0.200. The van der Waals surface area contributed by atoms with E-state index < -0.39 is 363 Å². The number of H-pyrrole nitrogens is 2. The van der Waals surface area contributed by atoms with Gasteiger partial charge >= 0.3 is 0 Å². The largest absolute Gasteiger partial charge is 0.394 e. The lowest BCUT2D eigenvalue weighted by Gasteiger charge is -2.17. The number of halogens is 17. The lowest BCUT2D eigenvalue weighted by atomic mass is 10.0. The van der Waals surface area contributed by atoms with Crippen molar-refractivity contribution in [3.8, 4) is 44.5 Å². The average Bonchev–Trinajstić information content (AvgIpc) is 1.63. The molecular weight excluding hydrogens is 1770 g/mol. The zero-order valence-electron chi connectivity index (χ0n) is 61.3. The molecule has 0 radical (unpaired) electrons. The molecule has 0 aliphatic carbocycles. The summed E-state index contributed by atoms with van der Waals surface area (Å²) in [5.41, 5.74) is -5.55. The highest BCUT2D eigenvalue weighted by Crippen LogP contribution is 2.51. The second-order valence-electron chi connectivity index (χ2n) is 28.0. The molecular formula is C74H46F17N19O12S3. The third kappa shape index (κ3) is 13.1. The lowest BCUT2D eigenvalue weighted by molar-refractivity contribution is -0.0511. The van der Waals surface area contributed by atoms with Crippen molar-refractivity contribution in [3.05, 3.63) is 165 Å². The molecule has 4 aromatic carbocycles. The van der Waals surface area contributed by atoms with Gasteiger partial charge in [-0.2, -0.15) is 15.0 Å². The van der Waals surface area contributed by atoms with Crippen LogP contribution in [-0.4, -0.2) is 199 Å². The predicted molar refractivity (Wildman–Crippen MR) is 400 cm³/mol. The number of benzene rings is 4. The van der Waals surface area contributed by atoms with Crippen molar-refractivity contribution < 1.29 is 135 Å². The van der Waals surface area contributed by atoms with Gasteiger partial charge in [-0.05, 0) is 48.6 Å². The summed E-state index contributed by atoms with van der Waals surface area (Å²) in [6, 6.07) is 2.67. The summed E-state index contributed by atoms with van der Waals surface area (Å²) in [7, 11) is 0. The maximum atomic E-state index is 18.0. The number of imidazole rings is 3. The number of fused-ring (bicyclic) bond motifs is 11. The fourth-order valence-electron chi connectivity index (χ4n) is 15.0. The van der Waals surface area contributed by atoms with Crippen molar-refractivity contribution in [3.63, 3.8) is 0 Å². The molecule has 3 saturated heterocycles. The molecule has 17 N–H and O–H groups in total. The van der Waals surface area contributed by atoms with E-state index in [2.05, 4.69) is 64.8 Å². The number of rotatable bonds is 16. The van der Waals surface area contributed by atoms with Gasteiger partial charge in [-0.3, -0.25) is 13.7 Å². The minimum Gasteiger partial charge on any atom is -0.394 e. The summed E-state index contributed by atoms with van der Waals surface area (Å²) >= 11 is -0.600. The Bertz CT molecular complexity index is 6780. The Hall–Kier alpha value is -12.1. The van der Waals surface area contributed by atoms with Crippen LogP contribution in [0.3, 0.4) is 0 Å². The van der Waals surface area contributed by atoms with Gasteiger partial charge in [0.05, 0.1) is 98.5 Å². The Morgan fingerprint density at radius 1 is 0.304 bits per heavy atom. The summed E-state index contributed by atoms with van der Waals surface area (Å²) in [4.78, 5) is 44.7. The Kier molecular flexibility index (Phi) is 20.9. The van der Waals surface area contributed by atoms with Gasteiger partial charge in [-0.15, -0.1) is 0 Å². The predicted octanol–water partition coefficient (Wildman–Crippen LogP) is 9.14. The van der Waals surface area contributed by atoms with Crippen molar-refractivity contribution in [2.24, 2.45) is 0 Å². The molecule has 5 aliphatic rings. The van der Waals surface area contributed by atoms with Gasteiger partial charge in [-0.25, -0.2) is 115 Å². The SMILES string of the molecule is Nc1nc(Sc2c(F)c(F)c(-c3c4nc(c(-c5c(F)c(F)c(Sc6nc(N)nc7c6ncn7[C@@H]6O[C@H](CO)[C@@H](O)[C@H]6O)c(F)c5F)c5ccc([nH]5)c(-c5c(F)c(F)c(Sc6nc(N)nc7c6ncn7[C@@H]6O[C@H](CO)[C@@H](O)[C@H]6O)c(F)c5F)c5nc(c(-c6c(F)c(F)c(F)c(F)c6F)c6ccc3[nH]6)C=C5)C=C4)c(F)c2F)c2ncn([C@@H]3O[C@H](CO)[C@@H](O)[C@H]3O)c2n1. The standard InChI is InChI=1S/C74H46F17N19O12S3/c75-34-30(35(76)43(84)44(85)42(34)83)26-15-1-3-17(98-15)27(31-36(77)45(86)60(46(87)37(31)78)123-66-51-63(102-72(92)105-66)108(12-95-51)69-57(117)54(114)23(9-111)120-69)19-5-7-21(100-19)29(33-40(81)49(90)62(50(91)41(33)82)125-68-53-65(104-74(94)107-68)110(14-97-53)71-59(119)56(116)25(11-113)122-71)22-8-6-20(101-22)28(18-4-2-16(26)99-18)32-38(79)47(88)61(48(89)39(32)80)124-67-52-64(103-73(93)106-67)109(13-96-52)70-58(118)55(115)24(10-112)121-70/h1-8,12-14,23-25,54-59,69-71,98,101,111-119H,9-11H2,(H2,92,102,105)(H2,93,103,106)(H2,94,104,107)/t23-,24-,25-,54-,55-,56-,57-,58-,59-,69-,70-,71-/m1/s1. The van der Waals surface area contributed by atoms with Crippen LogP contribution in [0.4, 0.5) is 92.5 Å². The van der Waals surface area contributed by atoms with Crippen molar-refractivity contribution in [1.29, 1.82) is 0 Å². The highest BCUT2D eigenvalue weighted by Gasteiger charge is 2.48. The van der Waals surface area contributed by atoms with Gasteiger partial charge in [-0.1, -0.05) is 35.3 Å². The fourth-order valence-corrected chi connectivity index (χ4v) is 17.8. The molecule has 9 aromatic heterocycles. The summed E-state index contributed by atoms with van der Waals surface area (Å²) in [5, 5.41) is 91.4. The molecule has 0 unspecified atom stereocenters. The molecule has 0 amide bonds. The van der Waals surface area contributed by atoms with Crippen LogP contribution in [0.15, 0.2) is 73.0 Å². The number of nitrogens with one attached hydrogen (secondary N) is 2. The fraction of sp³-hybridized carbons (Fsp3) is 0.203. The number of nitrogen functional groups attached to an aromatic ring is 3. The number of hydrogen-bond acceptors (Lipinski definition) is 29. The van der Waals surface area contributed by atoms with Crippen LogP contribution in [0.2, 0.25) is 0 Å². The third-order valence-electron chi connectivity index (χ3n) is 20.8. The molecule has 31 nitrogen and oxygen atoms in total. The molecule has 12 atom stereocenters. The summed E-state index contributed by atoms with van der Waals surface area (Å²) in [6.45, 7) is -2.47. The average molecular weight is 1810 g/mol. The normalized spacial score (nSPS) is 21.3. The van der Waals surface area contributed by atoms with Crippen LogP contribution in [0.25, 0.3) is 124 Å². The third-order valence-corrected chi connectivity index (χ3v) is 23.9. The van der Waals surface area contributed by atoms with E-state index in [1.807, 2.05) is 0 Å². The second-order valence-corrected chi connectivity index (χ2v) is 31.0. The van der Waals surface area contributed by atoms with E-state index in [0.29, 0.717) is 48.6 Å². The van der Waals surface area contributed by atoms with Gasteiger partial charge < -0.3 is 87.3 Å². The Morgan fingerprint density at radius 3 is 0.752 bits per heavy atom. The molecule has 0 spiro atoms. The number of aliphatic hydroxyl groups is 9. The zero-order chi connectivity index (χ0) is 88.7. The number of aromatic nitrogens is 16. The Labute approximate surface area is 693 Å². The monoisotopic (exact) mass is 1810 g/mol. The maximum absolute atomic E-state index is 18.0. The topological polar surface area (TPSA) is 476 Å². The molecule has 125 heavy (non-hydrogen) atoms. The van der Waals surface area contributed by atoms with E-state index in [1.165, 1.54) is 0 Å². The number of ether oxygens (including phenoxy) is 3. The van der Waals surface area contributed by atoms with Crippen LogP contribution in [0.1, 0.15) is 41.5 Å². The van der Waals surface area contributed by atoms with Gasteiger partial charge in [0.1, 0.15) is 86.6 Å². The Balaban J connectivity index is 0.879. The van der Waals surface area contributed by atoms with E-state index in [9.17, 15) is 46.0 Å². The molecule has 18 rings (SSSR count). The maximum Gasteiger partial charge on any atom is 0.223 e. The molecule has 8 bridgehead atoms. The van der Waals surface area contributed by atoms with E-state index in [1.54, 1.807) is 0 Å². The second kappa shape index (κ2) is 31.2. The van der Waals surface area contributed by atoms with Crippen molar-refractivity contribution >= 4 is 133 Å². The first-order valence-corrected chi connectivity index (χ1v) is 38.3. The molecule has 14 heterocycles. The number of aliphatic hydroxyl groups excluding tert-OH is 9. The zero-order valence-corrected chi connectivity index (χ0v) is 63.7. The van der Waals surface area contributed by atoms with E-state index in [4.69, 9.17) is 31.4 Å². The number of nitrogens with zero attached hydrogens (tertiary/aromatic N) is 14. The van der Waals surface area contributed by atoms with E-state index >= 15 is 74.6 Å². The molecule has 5 aliphatic heterocycles. The van der Waals surface area contributed by atoms with Gasteiger partial charge in [0.15, 0.2) is 129 Å². The van der Waals surface area contributed by atoms with Crippen molar-refractivity contribution in [1.82, 2.24) is 78.5 Å². The number of anilines is 3. The highest BCUT2D eigenvalue weighted by molar-refractivity contribution is 8.00. The van der Waals surface area contributed by atoms with Crippen molar-refractivity contribution in [2.45, 2.75) is 103 Å². The van der Waals surface area contributed by atoms with Crippen LogP contribution < -0.4 is 17.2 Å². The summed E-state index contributed by atoms with van der Waals surface area (Å²) in [5.74, 6) is -44.2. The van der Waals surface area contributed by atoms with Crippen LogP contribution >= 0.6 is 35.3 Å². The first kappa shape index (κ1) is 83.8. The molecule has 3 fully saturated rings. The van der Waals surface area contributed by atoms with Crippen molar-refractivity contribution in [2.75, 3.05) is 37.0 Å². The van der Waals surface area contributed by atoms with Crippen LogP contribution in [0.5, 0.6) is 0 Å². The molecule has 646 valence electrons. The number of nitrogens with two attached hydrogens (primary N) is 3. The smallest absolute Gasteiger partial charge is 0.223 e. The van der Waals surface area contributed by atoms with Gasteiger partial charge in [0, 0.05) is 44.3 Å². The quantitative estimate of drug-likeness (QED) is 0.0185. The van der Waals surface area contributed by atoms with Crippen LogP contribution in [-0.2, 0) is 14.2 Å². The molecule has 51 heteroatoms. The Morgan fingerprint density at radius 2 is 0.528 bits per heavy atom. The lowest BCUT2D eigenvalue weighted by Crippen LogP contribution is -2.33. The minimum atomic E-state index is -2.77. The highest BCUT2D eigenvalue weighted by atomic mass is 32.2. The number of aromatic amines is 2. The van der Waals surface area contributed by atoms with Gasteiger partial charge in [0.25, 0.3) is 0 Å². The number of hydrogen-bond donors (Lipinski definition) is 14. The first-order valence-electron chi connectivity index (χ1n) is 35.8. The van der Waals surface area contributed by atoms with Gasteiger partial charge in [0.2, 0.25) is 23.7 Å². The molecule has 0 saturated carbocycles. The summed E-state index contributed by atoms with van der Waals surface area (Å²) in [6.07, 6.45) is -14.2. The molecule has 13 aromatic rings. The van der Waals surface area contributed by atoms with E-state index in [-0.39, 0.29) is 35.3 Å². The van der Waals surface area contributed by atoms with Crippen LogP contribution in [0, 0.1) is 98.9 Å². The van der Waals surface area contributed by atoms with E-state index in [0.717, 1.165) is 32.7 Å².